The number of hydrogen-bond acceptors (Lipinski definition) is 4. The van der Waals surface area contributed by atoms with E-state index >= 15 is 0 Å². The van der Waals surface area contributed by atoms with Crippen LogP contribution in [0.5, 0.6) is 0 Å². The molecule has 4 nitrogen and oxygen atoms in total. The summed E-state index contributed by atoms with van der Waals surface area (Å²) in [5.74, 6) is -0.154. The predicted molar refractivity (Wildman–Crippen MR) is 90.8 cm³/mol. The van der Waals surface area contributed by atoms with Crippen LogP contribution in [0.3, 0.4) is 0 Å². The van der Waals surface area contributed by atoms with E-state index in [2.05, 4.69) is 24.2 Å². The van der Waals surface area contributed by atoms with Gasteiger partial charge in [0.2, 0.25) is 0 Å². The Morgan fingerprint density at radius 2 is 2.09 bits per heavy atom. The Bertz CT molecular complexity index is 487. The van der Waals surface area contributed by atoms with E-state index in [-0.39, 0.29) is 11.6 Å². The fraction of sp³-hybridized carbons (Fsp3) is 0.600. The fourth-order valence-electron chi connectivity index (χ4n) is 1.60. The van der Waals surface area contributed by atoms with Crippen molar-refractivity contribution in [2.24, 2.45) is 16.8 Å². The van der Waals surface area contributed by atoms with Crippen LogP contribution in [0.25, 0.3) is 0 Å². The average molecular weight is 351 g/mol. The maximum atomic E-state index is 12.6. The zero-order chi connectivity index (χ0) is 18.3. The van der Waals surface area contributed by atoms with Crippen molar-refractivity contribution >= 4 is 23.4 Å². The first-order valence-electron chi connectivity index (χ1n) is 7.22. The molecular formula is C15H24F3N3OS. The van der Waals surface area contributed by atoms with Crippen molar-refractivity contribution in [3.05, 3.63) is 23.9 Å². The molecule has 0 aromatic rings. The third-order valence-corrected chi connectivity index (χ3v) is 3.34. The molecule has 3 N–H and O–H groups in total. The number of allylic oxidation sites excluding steroid dienone is 3. The number of rotatable bonds is 4. The van der Waals surface area contributed by atoms with Gasteiger partial charge in [0, 0.05) is 17.8 Å². The molecule has 0 bridgehead atoms. The summed E-state index contributed by atoms with van der Waals surface area (Å²) in [5, 5.41) is 13.5. The monoisotopic (exact) mass is 351 g/mol. The van der Waals surface area contributed by atoms with Gasteiger partial charge in [-0.15, -0.1) is 0 Å². The summed E-state index contributed by atoms with van der Waals surface area (Å²) in [4.78, 5) is 0. The van der Waals surface area contributed by atoms with Crippen LogP contribution >= 0.6 is 12.2 Å². The van der Waals surface area contributed by atoms with Crippen molar-refractivity contribution in [3.63, 3.8) is 0 Å². The molecule has 0 fully saturated rings. The highest BCUT2D eigenvalue weighted by Crippen LogP contribution is 2.40. The highest BCUT2D eigenvalue weighted by atomic mass is 32.1. The average Bonchev–Trinajstić information content (AvgIpc) is 2.83. The second kappa shape index (κ2) is 9.02. The zero-order valence-electron chi connectivity index (χ0n) is 13.8. The van der Waals surface area contributed by atoms with Crippen LogP contribution in [0, 0.1) is 5.92 Å². The summed E-state index contributed by atoms with van der Waals surface area (Å²) in [6.45, 7) is 7.43. The molecule has 23 heavy (non-hydrogen) atoms. The summed E-state index contributed by atoms with van der Waals surface area (Å²) in [7, 11) is 0. The lowest BCUT2D eigenvalue weighted by atomic mass is 9.99. The first-order chi connectivity index (χ1) is 10.5. The minimum absolute atomic E-state index is 0.154. The normalized spacial score (nSPS) is 22.2. The molecule has 0 saturated heterocycles. The van der Waals surface area contributed by atoms with Gasteiger partial charge < -0.3 is 10.8 Å². The second-order valence-corrected chi connectivity index (χ2v) is 5.50. The summed E-state index contributed by atoms with van der Waals surface area (Å²) in [6.07, 6.45) is 1.56. The third kappa shape index (κ3) is 5.95. The highest BCUT2D eigenvalue weighted by molar-refractivity contribution is 7.78. The van der Waals surface area contributed by atoms with Crippen molar-refractivity contribution in [1.29, 1.82) is 0 Å². The molecule has 1 atom stereocenters. The van der Waals surface area contributed by atoms with E-state index in [1.54, 1.807) is 13.8 Å². The van der Waals surface area contributed by atoms with Gasteiger partial charge in [-0.1, -0.05) is 45.1 Å². The number of thiocarbonyl (C=S) groups is 1. The van der Waals surface area contributed by atoms with Crippen LogP contribution < -0.4 is 5.73 Å². The molecule has 0 aliphatic carbocycles. The van der Waals surface area contributed by atoms with Gasteiger partial charge in [0.1, 0.15) is 0 Å². The van der Waals surface area contributed by atoms with Crippen molar-refractivity contribution < 1.29 is 18.3 Å². The topological polar surface area (TPSA) is 61.8 Å². The van der Waals surface area contributed by atoms with Crippen molar-refractivity contribution in [3.8, 4) is 0 Å². The Balaban J connectivity index is 0.000000515. The molecule has 0 amide bonds. The fourth-order valence-corrected chi connectivity index (χ4v) is 1.82. The summed E-state index contributed by atoms with van der Waals surface area (Å²) in [5.41, 5.74) is 4.29. The van der Waals surface area contributed by atoms with Gasteiger partial charge in [-0.25, -0.2) is 5.01 Å². The summed E-state index contributed by atoms with van der Waals surface area (Å²) in [6, 6.07) is 0. The number of nitrogens with two attached hydrogens (primary N) is 1. The minimum Gasteiger partial charge on any atom is -0.399 e. The maximum Gasteiger partial charge on any atom is 0.438 e. The third-order valence-electron chi connectivity index (χ3n) is 3.14. The molecule has 1 aliphatic heterocycles. The number of hydrazone groups is 1. The van der Waals surface area contributed by atoms with Crippen LogP contribution in [0.4, 0.5) is 13.2 Å². The van der Waals surface area contributed by atoms with Gasteiger partial charge in [0.05, 0.1) is 5.49 Å². The van der Waals surface area contributed by atoms with Crippen LogP contribution in [0.1, 0.15) is 40.5 Å². The van der Waals surface area contributed by atoms with Crippen molar-refractivity contribution in [2.75, 3.05) is 0 Å². The molecule has 0 spiro atoms. The molecular weight excluding hydrogens is 327 g/mol. The van der Waals surface area contributed by atoms with Crippen molar-refractivity contribution in [2.45, 2.75) is 52.4 Å². The van der Waals surface area contributed by atoms with E-state index in [1.807, 2.05) is 25.2 Å². The van der Waals surface area contributed by atoms with E-state index in [1.165, 1.54) is 0 Å². The van der Waals surface area contributed by atoms with Crippen molar-refractivity contribution in [1.82, 2.24) is 5.01 Å². The Morgan fingerprint density at radius 3 is 2.39 bits per heavy atom. The number of nitrogens with zero attached hydrogens (tertiary/aromatic N) is 2. The first-order valence-corrected chi connectivity index (χ1v) is 7.70. The van der Waals surface area contributed by atoms with E-state index in [9.17, 15) is 18.3 Å². The predicted octanol–water partition coefficient (Wildman–Crippen LogP) is 3.73. The molecule has 0 aromatic heterocycles. The summed E-state index contributed by atoms with van der Waals surface area (Å²) < 4.78 is 37.8. The quantitative estimate of drug-likeness (QED) is 0.598. The Labute approximate surface area is 140 Å². The van der Waals surface area contributed by atoms with Gasteiger partial charge in [-0.3, -0.25) is 0 Å². The zero-order valence-corrected chi connectivity index (χ0v) is 14.6. The molecule has 0 saturated carbocycles. The lowest BCUT2D eigenvalue weighted by Crippen LogP contribution is -2.54. The molecule has 1 aliphatic rings. The molecule has 1 heterocycles. The van der Waals surface area contributed by atoms with E-state index in [0.717, 1.165) is 12.1 Å². The van der Waals surface area contributed by atoms with Crippen LogP contribution in [0.2, 0.25) is 0 Å². The maximum absolute atomic E-state index is 12.6. The van der Waals surface area contributed by atoms with Gasteiger partial charge >= 0.3 is 6.18 Å². The smallest absolute Gasteiger partial charge is 0.399 e. The highest BCUT2D eigenvalue weighted by Gasteiger charge is 2.61. The number of alkyl halides is 3. The molecule has 8 heteroatoms. The Kier molecular flexibility index (Phi) is 8.47. The number of hydrogen-bond donors (Lipinski definition) is 2. The van der Waals surface area contributed by atoms with Gasteiger partial charge in [-0.05, 0) is 25.3 Å². The lowest BCUT2D eigenvalue weighted by molar-refractivity contribution is -0.293. The van der Waals surface area contributed by atoms with Gasteiger partial charge in [0.15, 0.2) is 0 Å². The van der Waals surface area contributed by atoms with E-state index in [4.69, 9.17) is 5.73 Å². The molecule has 132 valence electrons. The molecule has 1 rings (SSSR count). The molecule has 0 aromatic carbocycles. The minimum atomic E-state index is -4.78. The standard InChI is InChI=1S/C8H11F3N2OS.C7H13N/c1-5(2)6-3-7(14,8(9,10)11)13(4-15)12-6;1-3-5-6-7(8)4-2/h4-5,14H,3H2,1-2H3;4-6H,3,8H2,1-2H3/b;6-5-,7-4+. The molecule has 1 unspecified atom stereocenters. The van der Waals surface area contributed by atoms with Crippen LogP contribution in [0.15, 0.2) is 29.0 Å². The first kappa shape index (κ1) is 21.6. The summed E-state index contributed by atoms with van der Waals surface area (Å²) >= 11 is 4.40. The largest absolute Gasteiger partial charge is 0.438 e. The van der Waals surface area contributed by atoms with Gasteiger partial charge in [-0.2, -0.15) is 18.3 Å². The van der Waals surface area contributed by atoms with E-state index in [0.29, 0.717) is 10.5 Å². The lowest BCUT2D eigenvalue weighted by Gasteiger charge is -2.31. The van der Waals surface area contributed by atoms with Gasteiger partial charge in [0.25, 0.3) is 5.72 Å². The molecule has 0 radical (unpaired) electrons. The number of halogens is 3. The SMILES string of the molecule is C/C=C(N)\C=C/CC.CC(C)C1=NN(C=S)C(O)(C(F)(F)F)C1. The number of aliphatic hydroxyl groups is 1. The Morgan fingerprint density at radius 1 is 1.52 bits per heavy atom. The van der Waals surface area contributed by atoms with E-state index < -0.39 is 18.3 Å². The second-order valence-electron chi connectivity index (χ2n) is 5.29. The Hall–Kier alpha value is -1.41. The van der Waals surface area contributed by atoms with Crippen LogP contribution in [-0.2, 0) is 0 Å². The van der Waals surface area contributed by atoms with Crippen LogP contribution in [-0.4, -0.2) is 33.2 Å².